The molecule has 0 radical (unpaired) electrons. The van der Waals surface area contributed by atoms with Crippen LogP contribution in [0, 0.1) is 0 Å². The quantitative estimate of drug-likeness (QED) is 0.832. The zero-order valence-electron chi connectivity index (χ0n) is 12.2. The number of carbonyl (C=O) groups is 2. The molecule has 0 aliphatic carbocycles. The smallest absolute Gasteiger partial charge is 0.303 e. The predicted molar refractivity (Wildman–Crippen MR) is 76.4 cm³/mol. The van der Waals surface area contributed by atoms with Crippen LogP contribution < -0.4 is 0 Å². The fourth-order valence-electron chi connectivity index (χ4n) is 0.909. The average molecular weight is 284 g/mol. The van der Waals surface area contributed by atoms with E-state index in [2.05, 4.69) is 9.97 Å². The van der Waals surface area contributed by atoms with Gasteiger partial charge in [-0.3, -0.25) is 19.6 Å². The van der Waals surface area contributed by atoms with E-state index in [4.69, 9.17) is 10.2 Å². The van der Waals surface area contributed by atoms with E-state index in [1.807, 2.05) is 13.8 Å². The molecular formula is C14H24N2O4. The summed E-state index contributed by atoms with van der Waals surface area (Å²) in [6, 6.07) is 0. The van der Waals surface area contributed by atoms with Gasteiger partial charge in [0.1, 0.15) is 0 Å². The van der Waals surface area contributed by atoms with E-state index in [-0.39, 0.29) is 0 Å². The maximum absolute atomic E-state index is 9.76. The molecule has 0 spiro atoms. The van der Waals surface area contributed by atoms with Crippen LogP contribution in [0.1, 0.15) is 52.4 Å². The number of aliphatic carboxylic acids is 2. The Bertz CT molecular complexity index is 286. The van der Waals surface area contributed by atoms with Crippen LogP contribution in [0.5, 0.6) is 0 Å². The summed E-state index contributed by atoms with van der Waals surface area (Å²) < 4.78 is 0. The molecule has 1 aromatic heterocycles. The highest BCUT2D eigenvalue weighted by atomic mass is 16.4. The summed E-state index contributed by atoms with van der Waals surface area (Å²) in [6.07, 6.45) is 10.7. The van der Waals surface area contributed by atoms with Gasteiger partial charge in [0.05, 0.1) is 0 Å². The average Bonchev–Trinajstić information content (AvgIpc) is 2.46. The van der Waals surface area contributed by atoms with Crippen LogP contribution in [0.4, 0.5) is 0 Å². The number of hydrogen-bond donors (Lipinski definition) is 2. The molecule has 0 saturated carbocycles. The van der Waals surface area contributed by atoms with Gasteiger partial charge < -0.3 is 10.2 Å². The van der Waals surface area contributed by atoms with E-state index < -0.39 is 11.9 Å². The van der Waals surface area contributed by atoms with Crippen LogP contribution in [-0.2, 0) is 9.59 Å². The molecule has 114 valence electrons. The number of unbranched alkanes of at least 4 members (excludes halogenated alkanes) is 2. The second-order valence-corrected chi connectivity index (χ2v) is 3.89. The van der Waals surface area contributed by atoms with Gasteiger partial charge in [-0.2, -0.15) is 0 Å². The van der Waals surface area contributed by atoms with Gasteiger partial charge in [0.15, 0.2) is 0 Å². The third-order valence-electron chi connectivity index (χ3n) is 1.97. The van der Waals surface area contributed by atoms with Crippen molar-refractivity contribution in [3.8, 4) is 0 Å². The Morgan fingerprint density at radius 3 is 1.20 bits per heavy atom. The molecule has 0 aliphatic heterocycles. The summed E-state index contributed by atoms with van der Waals surface area (Å²) in [5.74, 6) is -1.39. The Kier molecular flexibility index (Phi) is 17.3. The lowest BCUT2D eigenvalue weighted by atomic mass is 10.3. The number of carboxylic acids is 2. The van der Waals surface area contributed by atoms with E-state index in [1.54, 1.807) is 24.8 Å². The number of rotatable bonds is 6. The normalized spacial score (nSPS) is 8.50. The fraction of sp³-hybridized carbons (Fsp3) is 0.571. The van der Waals surface area contributed by atoms with Crippen molar-refractivity contribution < 1.29 is 19.8 Å². The van der Waals surface area contributed by atoms with E-state index in [0.717, 1.165) is 25.7 Å². The first-order chi connectivity index (χ1) is 9.54. The van der Waals surface area contributed by atoms with Gasteiger partial charge >= 0.3 is 11.9 Å². The summed E-state index contributed by atoms with van der Waals surface area (Å²) in [4.78, 5) is 27.0. The van der Waals surface area contributed by atoms with E-state index in [0.29, 0.717) is 12.8 Å². The molecule has 20 heavy (non-hydrogen) atoms. The highest BCUT2D eigenvalue weighted by Crippen LogP contribution is 1.91. The molecule has 0 fully saturated rings. The fourth-order valence-corrected chi connectivity index (χ4v) is 0.909. The van der Waals surface area contributed by atoms with Gasteiger partial charge in [0, 0.05) is 37.6 Å². The highest BCUT2D eigenvalue weighted by Gasteiger charge is 1.91. The molecule has 1 aromatic rings. The van der Waals surface area contributed by atoms with Crippen molar-refractivity contribution >= 4 is 11.9 Å². The van der Waals surface area contributed by atoms with Crippen molar-refractivity contribution in [1.82, 2.24) is 9.97 Å². The van der Waals surface area contributed by atoms with Crippen molar-refractivity contribution in [2.45, 2.75) is 52.4 Å². The Morgan fingerprint density at radius 2 is 1.10 bits per heavy atom. The van der Waals surface area contributed by atoms with Crippen LogP contribution >= 0.6 is 0 Å². The third-order valence-corrected chi connectivity index (χ3v) is 1.97. The molecule has 0 aromatic carbocycles. The van der Waals surface area contributed by atoms with Gasteiger partial charge in [0.2, 0.25) is 0 Å². The maximum Gasteiger partial charge on any atom is 0.303 e. The first-order valence-electron chi connectivity index (χ1n) is 6.68. The first kappa shape index (κ1) is 20.3. The number of nitrogens with zero attached hydrogens (tertiary/aromatic N) is 2. The van der Waals surface area contributed by atoms with Crippen molar-refractivity contribution in [3.05, 3.63) is 24.8 Å². The summed E-state index contributed by atoms with van der Waals surface area (Å²) in [6.45, 7) is 3.95. The van der Waals surface area contributed by atoms with Crippen LogP contribution in [-0.4, -0.2) is 32.1 Å². The Morgan fingerprint density at radius 1 is 0.800 bits per heavy atom. The minimum atomic E-state index is -0.693. The number of carboxylic acid groups (broad SMARTS) is 2. The molecule has 6 heteroatoms. The molecule has 0 atom stereocenters. The lowest BCUT2D eigenvalue weighted by Crippen LogP contribution is -1.91. The van der Waals surface area contributed by atoms with Gasteiger partial charge in [-0.25, -0.2) is 0 Å². The van der Waals surface area contributed by atoms with Crippen LogP contribution in [0.3, 0.4) is 0 Å². The molecule has 0 saturated heterocycles. The van der Waals surface area contributed by atoms with Gasteiger partial charge in [-0.15, -0.1) is 0 Å². The SMILES string of the molecule is CCCCC(=O)O.CCCCC(=O)O.c1cnccn1. The second kappa shape index (κ2) is 17.0. The monoisotopic (exact) mass is 284 g/mol. The second-order valence-electron chi connectivity index (χ2n) is 3.89. The van der Waals surface area contributed by atoms with Crippen molar-refractivity contribution in [1.29, 1.82) is 0 Å². The Hall–Kier alpha value is -1.98. The standard InChI is InChI=1S/2C5H10O2.C4H4N2/c2*1-2-3-4-5(6)7;1-2-6-4-3-5-1/h2*2-4H2,1H3,(H,6,7);1-4H. The molecule has 0 amide bonds. The van der Waals surface area contributed by atoms with Crippen LogP contribution in [0.2, 0.25) is 0 Å². The summed E-state index contributed by atoms with van der Waals surface area (Å²) in [7, 11) is 0. The van der Waals surface area contributed by atoms with Crippen molar-refractivity contribution in [3.63, 3.8) is 0 Å². The Labute approximate surface area is 119 Å². The molecule has 1 heterocycles. The molecule has 0 bridgehead atoms. The van der Waals surface area contributed by atoms with Gasteiger partial charge in [-0.1, -0.05) is 26.7 Å². The molecular weight excluding hydrogens is 260 g/mol. The largest absolute Gasteiger partial charge is 0.481 e. The minimum Gasteiger partial charge on any atom is -0.481 e. The molecule has 6 nitrogen and oxygen atoms in total. The summed E-state index contributed by atoms with van der Waals surface area (Å²) in [5.41, 5.74) is 0. The zero-order valence-corrected chi connectivity index (χ0v) is 12.2. The van der Waals surface area contributed by atoms with E-state index >= 15 is 0 Å². The van der Waals surface area contributed by atoms with Gasteiger partial charge in [-0.05, 0) is 12.8 Å². The van der Waals surface area contributed by atoms with Crippen molar-refractivity contribution in [2.24, 2.45) is 0 Å². The topological polar surface area (TPSA) is 100 Å². The molecule has 1 rings (SSSR count). The van der Waals surface area contributed by atoms with E-state index in [1.165, 1.54) is 0 Å². The lowest BCUT2D eigenvalue weighted by molar-refractivity contribution is -0.138. The minimum absolute atomic E-state index is 0.316. The third kappa shape index (κ3) is 25.0. The lowest BCUT2D eigenvalue weighted by Gasteiger charge is -1.85. The van der Waals surface area contributed by atoms with Gasteiger partial charge in [0.25, 0.3) is 0 Å². The summed E-state index contributed by atoms with van der Waals surface area (Å²) in [5, 5.41) is 16.1. The molecule has 0 unspecified atom stereocenters. The molecule has 0 aliphatic rings. The predicted octanol–water partition coefficient (Wildman–Crippen LogP) is 3.00. The number of aromatic nitrogens is 2. The van der Waals surface area contributed by atoms with E-state index in [9.17, 15) is 9.59 Å². The number of hydrogen-bond acceptors (Lipinski definition) is 4. The van der Waals surface area contributed by atoms with Crippen LogP contribution in [0.15, 0.2) is 24.8 Å². The molecule has 2 N–H and O–H groups in total. The Balaban J connectivity index is 0. The highest BCUT2D eigenvalue weighted by molar-refractivity contribution is 5.66. The maximum atomic E-state index is 9.76. The van der Waals surface area contributed by atoms with Crippen molar-refractivity contribution in [2.75, 3.05) is 0 Å². The zero-order chi connectivity index (χ0) is 15.6. The van der Waals surface area contributed by atoms with Crippen LogP contribution in [0.25, 0.3) is 0 Å². The first-order valence-corrected chi connectivity index (χ1v) is 6.68. The summed E-state index contributed by atoms with van der Waals surface area (Å²) >= 11 is 0.